The van der Waals surface area contributed by atoms with Gasteiger partial charge in [0.05, 0.1) is 25.1 Å². The molecule has 6 heteroatoms. The Hall–Kier alpha value is -1.56. The van der Waals surface area contributed by atoms with Crippen LogP contribution in [0.15, 0.2) is 6.33 Å². The lowest BCUT2D eigenvalue weighted by atomic mass is 10.1. The number of imidazole rings is 1. The first-order valence-electron chi connectivity index (χ1n) is 5.05. The number of aliphatic hydroxyl groups is 1. The molecule has 6 nitrogen and oxygen atoms in total. The second-order valence-corrected chi connectivity index (χ2v) is 4.04. The number of ether oxygens (including phenoxy) is 1. The highest BCUT2D eigenvalue weighted by Crippen LogP contribution is 2.21. The Kier molecular flexibility index (Phi) is 3.54. The van der Waals surface area contributed by atoms with Gasteiger partial charge in [0, 0.05) is 0 Å². The normalized spacial score (nSPS) is 11.5. The molecule has 0 bridgehead atoms. The minimum atomic E-state index is -0.595. The van der Waals surface area contributed by atoms with Crippen molar-refractivity contribution in [1.82, 2.24) is 9.55 Å². The van der Waals surface area contributed by atoms with Crippen LogP contribution in [0.3, 0.4) is 0 Å². The number of nitrogens with two attached hydrogens (primary N) is 1. The van der Waals surface area contributed by atoms with Crippen molar-refractivity contribution in [2.75, 3.05) is 18.9 Å². The summed E-state index contributed by atoms with van der Waals surface area (Å²) in [6, 6.07) is 0. The van der Waals surface area contributed by atoms with E-state index in [1.165, 1.54) is 6.33 Å². The first kappa shape index (κ1) is 12.5. The van der Waals surface area contributed by atoms with Crippen LogP contribution in [0.2, 0.25) is 0 Å². The van der Waals surface area contributed by atoms with Gasteiger partial charge in [-0.1, -0.05) is 0 Å². The zero-order chi connectivity index (χ0) is 12.3. The van der Waals surface area contributed by atoms with Crippen LogP contribution in [0.5, 0.6) is 0 Å². The van der Waals surface area contributed by atoms with Gasteiger partial charge in [-0.15, -0.1) is 0 Å². The maximum absolute atomic E-state index is 11.5. The Morgan fingerprint density at radius 3 is 2.81 bits per heavy atom. The third-order valence-electron chi connectivity index (χ3n) is 2.31. The predicted octanol–water partition coefficient (Wildman–Crippen LogP) is 0.369. The molecule has 0 aliphatic rings. The number of nitrogens with zero attached hydrogens (tertiary/aromatic N) is 2. The molecule has 0 atom stereocenters. The van der Waals surface area contributed by atoms with Crippen molar-refractivity contribution in [2.45, 2.75) is 26.3 Å². The van der Waals surface area contributed by atoms with Gasteiger partial charge in [0.2, 0.25) is 0 Å². The van der Waals surface area contributed by atoms with Crippen molar-refractivity contribution >= 4 is 11.8 Å². The van der Waals surface area contributed by atoms with E-state index in [-0.39, 0.29) is 24.7 Å². The Morgan fingerprint density at radius 1 is 1.69 bits per heavy atom. The van der Waals surface area contributed by atoms with Crippen LogP contribution in [-0.2, 0) is 10.3 Å². The molecule has 90 valence electrons. The first-order valence-corrected chi connectivity index (χ1v) is 5.05. The summed E-state index contributed by atoms with van der Waals surface area (Å²) in [5, 5.41) is 9.20. The highest BCUT2D eigenvalue weighted by molar-refractivity contribution is 5.92. The highest BCUT2D eigenvalue weighted by Gasteiger charge is 2.25. The number of nitrogen functional groups attached to an aromatic ring is 1. The van der Waals surface area contributed by atoms with Crippen molar-refractivity contribution in [1.29, 1.82) is 0 Å². The van der Waals surface area contributed by atoms with Crippen molar-refractivity contribution in [2.24, 2.45) is 0 Å². The van der Waals surface area contributed by atoms with Gasteiger partial charge in [0.25, 0.3) is 0 Å². The highest BCUT2D eigenvalue weighted by atomic mass is 16.5. The van der Waals surface area contributed by atoms with E-state index in [0.29, 0.717) is 0 Å². The van der Waals surface area contributed by atoms with E-state index in [0.717, 1.165) is 0 Å². The van der Waals surface area contributed by atoms with Gasteiger partial charge < -0.3 is 20.1 Å². The van der Waals surface area contributed by atoms with Crippen molar-refractivity contribution in [3.63, 3.8) is 0 Å². The third-order valence-corrected chi connectivity index (χ3v) is 2.31. The lowest BCUT2D eigenvalue weighted by Crippen LogP contribution is -2.31. The van der Waals surface area contributed by atoms with Crippen LogP contribution < -0.4 is 5.73 Å². The second-order valence-electron chi connectivity index (χ2n) is 4.04. The Bertz CT molecular complexity index is 385. The minimum absolute atomic E-state index is 0.0865. The zero-order valence-corrected chi connectivity index (χ0v) is 9.73. The van der Waals surface area contributed by atoms with E-state index in [9.17, 15) is 9.90 Å². The molecule has 0 amide bonds. The Balaban J connectivity index is 3.06. The largest absolute Gasteiger partial charge is 0.461 e. The molecule has 0 aliphatic heterocycles. The zero-order valence-electron chi connectivity index (χ0n) is 9.73. The van der Waals surface area contributed by atoms with E-state index in [2.05, 4.69) is 4.98 Å². The molecule has 0 saturated carbocycles. The molecular weight excluding hydrogens is 210 g/mol. The fraction of sp³-hybridized carbons (Fsp3) is 0.600. The third kappa shape index (κ3) is 2.16. The molecule has 0 aliphatic carbocycles. The summed E-state index contributed by atoms with van der Waals surface area (Å²) >= 11 is 0. The van der Waals surface area contributed by atoms with Crippen LogP contribution in [0.4, 0.5) is 5.82 Å². The number of aromatic nitrogens is 2. The SMILES string of the molecule is CCOC(=O)c1ncn(C(C)(C)CO)c1N. The number of esters is 1. The molecule has 0 spiro atoms. The summed E-state index contributed by atoms with van der Waals surface area (Å²) < 4.78 is 6.37. The van der Waals surface area contributed by atoms with Crippen molar-refractivity contribution in [3.05, 3.63) is 12.0 Å². The van der Waals surface area contributed by atoms with Gasteiger partial charge in [0.15, 0.2) is 5.69 Å². The summed E-state index contributed by atoms with van der Waals surface area (Å²) in [4.78, 5) is 15.4. The maximum atomic E-state index is 11.5. The van der Waals surface area contributed by atoms with Gasteiger partial charge >= 0.3 is 5.97 Å². The quantitative estimate of drug-likeness (QED) is 0.725. The summed E-state index contributed by atoms with van der Waals surface area (Å²) in [6.07, 6.45) is 1.43. The lowest BCUT2D eigenvalue weighted by molar-refractivity contribution is 0.0521. The molecule has 3 N–H and O–H groups in total. The number of aliphatic hydroxyl groups excluding tert-OH is 1. The number of anilines is 1. The van der Waals surface area contributed by atoms with Gasteiger partial charge in [-0.2, -0.15) is 0 Å². The Morgan fingerprint density at radius 2 is 2.31 bits per heavy atom. The smallest absolute Gasteiger partial charge is 0.360 e. The molecule has 1 aromatic heterocycles. The van der Waals surface area contributed by atoms with Gasteiger partial charge in [0.1, 0.15) is 5.82 Å². The maximum Gasteiger partial charge on any atom is 0.360 e. The van der Waals surface area contributed by atoms with Crippen LogP contribution >= 0.6 is 0 Å². The fourth-order valence-corrected chi connectivity index (χ4v) is 1.27. The number of hydrogen-bond donors (Lipinski definition) is 2. The minimum Gasteiger partial charge on any atom is -0.461 e. The topological polar surface area (TPSA) is 90.4 Å². The molecule has 0 saturated heterocycles. The van der Waals surface area contributed by atoms with Crippen LogP contribution in [0, 0.1) is 0 Å². The lowest BCUT2D eigenvalue weighted by Gasteiger charge is -2.24. The van der Waals surface area contributed by atoms with Gasteiger partial charge in [-0.05, 0) is 20.8 Å². The average molecular weight is 227 g/mol. The molecule has 16 heavy (non-hydrogen) atoms. The Labute approximate surface area is 94.0 Å². The van der Waals surface area contributed by atoms with Crippen LogP contribution in [0.1, 0.15) is 31.3 Å². The number of rotatable bonds is 4. The van der Waals surface area contributed by atoms with Crippen molar-refractivity contribution in [3.8, 4) is 0 Å². The molecular formula is C10H17N3O3. The predicted molar refractivity (Wildman–Crippen MR) is 59.0 cm³/mol. The summed E-state index contributed by atoms with van der Waals surface area (Å²) in [5.74, 6) is -0.343. The molecule has 1 rings (SSSR count). The monoisotopic (exact) mass is 227 g/mol. The number of carbonyl (C=O) groups is 1. The molecule has 1 aromatic rings. The average Bonchev–Trinajstić information content (AvgIpc) is 2.61. The fourth-order valence-electron chi connectivity index (χ4n) is 1.27. The standard InChI is InChI=1S/C10H17N3O3/c1-4-16-9(15)7-8(11)13(6-12-7)10(2,3)5-14/h6,14H,4-5,11H2,1-3H3. The van der Waals surface area contributed by atoms with Crippen molar-refractivity contribution < 1.29 is 14.6 Å². The molecule has 0 radical (unpaired) electrons. The number of hydrogen-bond acceptors (Lipinski definition) is 5. The van der Waals surface area contributed by atoms with E-state index >= 15 is 0 Å². The summed E-state index contributed by atoms with van der Waals surface area (Å²) in [6.45, 7) is 5.47. The molecule has 0 fully saturated rings. The number of carbonyl (C=O) groups excluding carboxylic acids is 1. The second kappa shape index (κ2) is 4.52. The summed E-state index contributed by atoms with van der Waals surface area (Å²) in [7, 11) is 0. The molecule has 0 unspecified atom stereocenters. The van der Waals surface area contributed by atoms with Gasteiger partial charge in [-0.25, -0.2) is 9.78 Å². The first-order chi connectivity index (χ1) is 7.44. The van der Waals surface area contributed by atoms with E-state index in [1.807, 2.05) is 0 Å². The molecule has 0 aromatic carbocycles. The van der Waals surface area contributed by atoms with Crippen LogP contribution in [0.25, 0.3) is 0 Å². The van der Waals surface area contributed by atoms with E-state index < -0.39 is 11.5 Å². The molecule has 1 heterocycles. The summed E-state index contributed by atoms with van der Waals surface area (Å²) in [5.41, 5.74) is 5.28. The van der Waals surface area contributed by atoms with E-state index in [4.69, 9.17) is 10.5 Å². The van der Waals surface area contributed by atoms with E-state index in [1.54, 1.807) is 25.3 Å². The van der Waals surface area contributed by atoms with Crippen LogP contribution in [-0.4, -0.2) is 33.8 Å². The van der Waals surface area contributed by atoms with Gasteiger partial charge in [-0.3, -0.25) is 0 Å².